The number of nitrogen functional groups attached to an aromatic ring is 2. The maximum atomic E-state index is 5.90. The van der Waals surface area contributed by atoms with E-state index in [2.05, 4.69) is 17.1 Å². The lowest BCUT2D eigenvalue weighted by atomic mass is 10.1. The molecule has 0 atom stereocenters. The first-order valence-corrected chi connectivity index (χ1v) is 5.37. The number of anilines is 1. The SMILES string of the molecule is CCc1nc(Cc2ccccc2)c(N)n1N. The molecule has 0 saturated carbocycles. The molecule has 0 bridgehead atoms. The molecule has 4 N–H and O–H groups in total. The minimum Gasteiger partial charge on any atom is -0.382 e. The Morgan fingerprint density at radius 2 is 1.94 bits per heavy atom. The van der Waals surface area contributed by atoms with Crippen molar-refractivity contribution in [2.45, 2.75) is 19.8 Å². The number of hydrogen-bond donors (Lipinski definition) is 2. The van der Waals surface area contributed by atoms with Gasteiger partial charge >= 0.3 is 0 Å². The molecule has 2 aromatic rings. The lowest BCUT2D eigenvalue weighted by molar-refractivity contribution is 0.863. The molecule has 0 fully saturated rings. The van der Waals surface area contributed by atoms with E-state index in [-0.39, 0.29) is 0 Å². The van der Waals surface area contributed by atoms with Gasteiger partial charge in [0.2, 0.25) is 0 Å². The first-order valence-electron chi connectivity index (χ1n) is 5.37. The zero-order valence-corrected chi connectivity index (χ0v) is 9.35. The van der Waals surface area contributed by atoms with Gasteiger partial charge in [-0.05, 0) is 5.56 Å². The van der Waals surface area contributed by atoms with Crippen LogP contribution in [0.2, 0.25) is 0 Å². The smallest absolute Gasteiger partial charge is 0.146 e. The van der Waals surface area contributed by atoms with Crippen molar-refractivity contribution in [1.82, 2.24) is 9.66 Å². The van der Waals surface area contributed by atoms with Gasteiger partial charge in [0.25, 0.3) is 0 Å². The van der Waals surface area contributed by atoms with Crippen LogP contribution in [0.25, 0.3) is 0 Å². The second kappa shape index (κ2) is 4.26. The summed E-state index contributed by atoms with van der Waals surface area (Å²) in [7, 11) is 0. The maximum absolute atomic E-state index is 5.90. The first-order chi connectivity index (χ1) is 7.72. The van der Waals surface area contributed by atoms with Gasteiger partial charge in [-0.1, -0.05) is 37.3 Å². The van der Waals surface area contributed by atoms with Gasteiger partial charge in [-0.3, -0.25) is 0 Å². The van der Waals surface area contributed by atoms with E-state index in [1.165, 1.54) is 10.2 Å². The van der Waals surface area contributed by atoms with E-state index in [9.17, 15) is 0 Å². The largest absolute Gasteiger partial charge is 0.382 e. The average molecular weight is 216 g/mol. The number of aromatic nitrogens is 2. The number of imidazole rings is 1. The second-order valence-corrected chi connectivity index (χ2v) is 3.75. The summed E-state index contributed by atoms with van der Waals surface area (Å²) in [6, 6.07) is 10.1. The van der Waals surface area contributed by atoms with Crippen molar-refractivity contribution in [3.8, 4) is 0 Å². The molecule has 1 aromatic carbocycles. The summed E-state index contributed by atoms with van der Waals surface area (Å²) in [5.74, 6) is 7.18. The van der Waals surface area contributed by atoms with Crippen molar-refractivity contribution in [3.05, 3.63) is 47.4 Å². The molecule has 0 spiro atoms. The summed E-state index contributed by atoms with van der Waals surface area (Å²) in [6.45, 7) is 2.01. The quantitative estimate of drug-likeness (QED) is 0.760. The highest BCUT2D eigenvalue weighted by molar-refractivity contribution is 5.41. The van der Waals surface area contributed by atoms with Gasteiger partial charge in [-0.2, -0.15) is 0 Å². The van der Waals surface area contributed by atoms with Crippen LogP contribution in [0, 0.1) is 0 Å². The molecular formula is C12H16N4. The lowest BCUT2D eigenvalue weighted by Gasteiger charge is -2.00. The lowest BCUT2D eigenvalue weighted by Crippen LogP contribution is -2.15. The zero-order valence-electron chi connectivity index (χ0n) is 9.35. The molecule has 0 aliphatic rings. The van der Waals surface area contributed by atoms with Crippen molar-refractivity contribution in [2.24, 2.45) is 0 Å². The highest BCUT2D eigenvalue weighted by Gasteiger charge is 2.11. The van der Waals surface area contributed by atoms with Crippen LogP contribution < -0.4 is 11.6 Å². The van der Waals surface area contributed by atoms with Crippen LogP contribution in [-0.4, -0.2) is 9.66 Å². The van der Waals surface area contributed by atoms with Gasteiger partial charge in [0.1, 0.15) is 11.6 Å². The molecule has 0 aliphatic carbocycles. The monoisotopic (exact) mass is 216 g/mol. The van der Waals surface area contributed by atoms with Gasteiger partial charge in [-0.15, -0.1) is 0 Å². The molecule has 16 heavy (non-hydrogen) atoms. The van der Waals surface area contributed by atoms with Crippen molar-refractivity contribution in [2.75, 3.05) is 11.6 Å². The third-order valence-corrected chi connectivity index (χ3v) is 2.63. The molecule has 0 aliphatic heterocycles. The third kappa shape index (κ3) is 1.86. The Morgan fingerprint density at radius 1 is 1.25 bits per heavy atom. The molecule has 4 nitrogen and oxygen atoms in total. The fraction of sp³-hybridized carbons (Fsp3) is 0.250. The van der Waals surface area contributed by atoms with Crippen LogP contribution in [0.1, 0.15) is 24.0 Å². The standard InChI is InChI=1S/C12H16N4/c1-2-11-15-10(12(13)16(11)14)8-9-6-4-3-5-7-9/h3-7H,2,8,13-14H2,1H3. The van der Waals surface area contributed by atoms with Gasteiger partial charge in [0.05, 0.1) is 5.69 Å². The minimum atomic E-state index is 0.556. The highest BCUT2D eigenvalue weighted by atomic mass is 15.4. The molecule has 0 unspecified atom stereocenters. The molecule has 1 heterocycles. The van der Waals surface area contributed by atoms with E-state index in [0.717, 1.165) is 24.4 Å². The molecule has 2 rings (SSSR count). The summed E-state index contributed by atoms with van der Waals surface area (Å²) < 4.78 is 1.47. The normalized spacial score (nSPS) is 10.6. The summed E-state index contributed by atoms with van der Waals surface area (Å²) >= 11 is 0. The molecule has 0 radical (unpaired) electrons. The van der Waals surface area contributed by atoms with Crippen molar-refractivity contribution < 1.29 is 0 Å². The number of benzene rings is 1. The number of aryl methyl sites for hydroxylation is 1. The molecule has 84 valence electrons. The second-order valence-electron chi connectivity index (χ2n) is 3.75. The molecule has 0 saturated heterocycles. The van der Waals surface area contributed by atoms with Gasteiger partial charge < -0.3 is 11.6 Å². The topological polar surface area (TPSA) is 69.9 Å². The fourth-order valence-electron chi connectivity index (χ4n) is 1.71. The van der Waals surface area contributed by atoms with Crippen LogP contribution in [-0.2, 0) is 12.8 Å². The summed E-state index contributed by atoms with van der Waals surface area (Å²) in [4.78, 5) is 4.44. The predicted octanol–water partition coefficient (Wildman–Crippen LogP) is 1.33. The van der Waals surface area contributed by atoms with Gasteiger partial charge in [-0.25, -0.2) is 9.66 Å². The third-order valence-electron chi connectivity index (χ3n) is 2.63. The van der Waals surface area contributed by atoms with E-state index in [0.29, 0.717) is 5.82 Å². The number of rotatable bonds is 3. The predicted molar refractivity (Wildman–Crippen MR) is 65.4 cm³/mol. The van der Waals surface area contributed by atoms with Crippen LogP contribution in [0.5, 0.6) is 0 Å². The Labute approximate surface area is 94.9 Å². The fourth-order valence-corrected chi connectivity index (χ4v) is 1.71. The average Bonchev–Trinajstić information content (AvgIpc) is 2.58. The maximum Gasteiger partial charge on any atom is 0.146 e. The number of nitrogens with two attached hydrogens (primary N) is 2. The number of nitrogens with zero attached hydrogens (tertiary/aromatic N) is 2. The van der Waals surface area contributed by atoms with Gasteiger partial charge in [0, 0.05) is 12.8 Å². The van der Waals surface area contributed by atoms with E-state index < -0.39 is 0 Å². The summed E-state index contributed by atoms with van der Waals surface area (Å²) in [6.07, 6.45) is 1.51. The Kier molecular flexibility index (Phi) is 2.81. The summed E-state index contributed by atoms with van der Waals surface area (Å²) in [5, 5.41) is 0. The van der Waals surface area contributed by atoms with Crippen molar-refractivity contribution in [3.63, 3.8) is 0 Å². The highest BCUT2D eigenvalue weighted by Crippen LogP contribution is 2.16. The van der Waals surface area contributed by atoms with Crippen LogP contribution in [0.4, 0.5) is 5.82 Å². The van der Waals surface area contributed by atoms with E-state index in [1.807, 2.05) is 25.1 Å². The zero-order chi connectivity index (χ0) is 11.5. The molecule has 1 aromatic heterocycles. The number of hydrogen-bond acceptors (Lipinski definition) is 3. The Balaban J connectivity index is 2.29. The molecule has 4 heteroatoms. The van der Waals surface area contributed by atoms with E-state index in [1.54, 1.807) is 0 Å². The van der Waals surface area contributed by atoms with Crippen LogP contribution >= 0.6 is 0 Å². The Bertz CT molecular complexity index is 473. The Hall–Kier alpha value is -1.97. The minimum absolute atomic E-state index is 0.556. The van der Waals surface area contributed by atoms with Crippen molar-refractivity contribution in [1.29, 1.82) is 0 Å². The van der Waals surface area contributed by atoms with E-state index >= 15 is 0 Å². The van der Waals surface area contributed by atoms with Crippen LogP contribution in [0.15, 0.2) is 30.3 Å². The molecule has 0 amide bonds. The molecular weight excluding hydrogens is 200 g/mol. The van der Waals surface area contributed by atoms with Gasteiger partial charge in [0.15, 0.2) is 0 Å². The van der Waals surface area contributed by atoms with E-state index in [4.69, 9.17) is 11.6 Å². The first kappa shape index (κ1) is 10.5. The van der Waals surface area contributed by atoms with Crippen molar-refractivity contribution >= 4 is 5.82 Å². The Morgan fingerprint density at radius 3 is 2.50 bits per heavy atom. The summed E-state index contributed by atoms with van der Waals surface area (Å²) in [5.41, 5.74) is 7.94. The van der Waals surface area contributed by atoms with Crippen LogP contribution in [0.3, 0.4) is 0 Å².